The molecule has 8 nitrogen and oxygen atoms in total. The zero-order valence-corrected chi connectivity index (χ0v) is 22.7. The molecule has 40 heavy (non-hydrogen) atoms. The summed E-state index contributed by atoms with van der Waals surface area (Å²) in [4.78, 5) is 21.2. The number of halogens is 3. The molecule has 0 atom stereocenters. The van der Waals surface area contributed by atoms with Crippen LogP contribution in [0.25, 0.3) is 22.0 Å². The molecule has 1 fully saturated rings. The number of hydrogen-bond donors (Lipinski definition) is 2. The first kappa shape index (κ1) is 27.6. The molecule has 2 N–H and O–H groups in total. The molecule has 3 heterocycles. The molecule has 0 aliphatic carbocycles. The van der Waals surface area contributed by atoms with Gasteiger partial charge in [-0.15, -0.1) is 0 Å². The van der Waals surface area contributed by atoms with Crippen molar-refractivity contribution in [1.29, 1.82) is 0 Å². The highest BCUT2D eigenvalue weighted by Crippen LogP contribution is 2.35. The first-order chi connectivity index (χ1) is 19.1. The van der Waals surface area contributed by atoms with Gasteiger partial charge in [0.15, 0.2) is 0 Å². The Morgan fingerprint density at radius 2 is 1.68 bits per heavy atom. The number of aryl methyl sites for hydroxylation is 2. The highest BCUT2D eigenvalue weighted by Gasteiger charge is 2.34. The van der Waals surface area contributed by atoms with E-state index in [9.17, 15) is 18.0 Å². The molecule has 1 saturated heterocycles. The van der Waals surface area contributed by atoms with E-state index in [1.165, 1.54) is 12.1 Å². The summed E-state index contributed by atoms with van der Waals surface area (Å²) in [7, 11) is 3.89. The molecule has 0 saturated carbocycles. The molecule has 1 aliphatic heterocycles. The Labute approximate surface area is 230 Å². The predicted molar refractivity (Wildman–Crippen MR) is 150 cm³/mol. The number of rotatable bonds is 5. The van der Waals surface area contributed by atoms with Crippen LogP contribution in [0.3, 0.4) is 0 Å². The van der Waals surface area contributed by atoms with E-state index >= 15 is 0 Å². The minimum atomic E-state index is -4.54. The number of fused-ring (bicyclic) bond motifs is 1. The van der Waals surface area contributed by atoms with Gasteiger partial charge >= 0.3 is 12.2 Å². The number of aromatic nitrogens is 3. The molecule has 1 aliphatic rings. The second-order valence-electron chi connectivity index (χ2n) is 10.2. The Morgan fingerprint density at radius 1 is 0.950 bits per heavy atom. The number of carbonyl (C=O) groups excluding carboxylic acids is 1. The van der Waals surface area contributed by atoms with Gasteiger partial charge in [-0.05, 0) is 68.9 Å². The van der Waals surface area contributed by atoms with E-state index in [1.807, 2.05) is 38.1 Å². The Kier molecular flexibility index (Phi) is 7.77. The molecule has 5 rings (SSSR count). The number of nitrogens with one attached hydrogen (secondary N) is 2. The monoisotopic (exact) mass is 551 g/mol. The van der Waals surface area contributed by atoms with Crippen molar-refractivity contribution in [2.75, 3.05) is 43.9 Å². The lowest BCUT2D eigenvalue weighted by atomic mass is 10.0. The summed E-state index contributed by atoms with van der Waals surface area (Å²) in [6.07, 6.45) is -0.0799. The normalized spacial score (nSPS) is 15.2. The molecule has 0 radical (unpaired) electrons. The number of anilines is 2. The van der Waals surface area contributed by atoms with Crippen molar-refractivity contribution in [3.05, 3.63) is 71.7 Å². The van der Waals surface area contributed by atoms with Gasteiger partial charge in [-0.25, -0.2) is 4.79 Å². The highest BCUT2D eigenvalue weighted by atomic mass is 19.4. The second kappa shape index (κ2) is 11.3. The lowest BCUT2D eigenvalue weighted by molar-refractivity contribution is -0.138. The smallest absolute Gasteiger partial charge is 0.308 e. The molecule has 0 spiro atoms. The number of nitrogens with zero attached hydrogens (tertiary/aromatic N) is 5. The third-order valence-electron chi connectivity index (χ3n) is 7.27. The fourth-order valence-electron chi connectivity index (χ4n) is 5.20. The van der Waals surface area contributed by atoms with Gasteiger partial charge in [-0.1, -0.05) is 18.2 Å². The van der Waals surface area contributed by atoms with Crippen LogP contribution < -0.4 is 10.6 Å². The number of likely N-dealkylation sites (N-methyl/N-ethyl adjacent to an activating group) is 1. The zero-order chi connectivity index (χ0) is 28.4. The van der Waals surface area contributed by atoms with E-state index in [0.717, 1.165) is 59.8 Å². The summed E-state index contributed by atoms with van der Waals surface area (Å²) in [5, 5.41) is 10.7. The maximum absolute atomic E-state index is 13.9. The topological polar surface area (TPSA) is 78.3 Å². The van der Waals surface area contributed by atoms with E-state index in [-0.39, 0.29) is 17.8 Å². The zero-order valence-electron chi connectivity index (χ0n) is 22.7. The average molecular weight is 552 g/mol. The standard InChI is InChI=1S/C29H32F3N7O/c1-19-27-24(16-33-17-26(27)38(3)36-19)20-5-8-22(9-6-20)34-28(40)35-23-10-7-21(25(15-23)29(30,31)32)18-39-12-4-11-37(2)13-14-39/h5-10,15-17H,4,11-14,18H2,1-3H3,(H2,34,35,40). The quantitative estimate of drug-likeness (QED) is 0.331. The molecule has 0 unspecified atom stereocenters. The molecule has 2 aromatic heterocycles. The molecule has 11 heteroatoms. The van der Waals surface area contributed by atoms with Crippen LogP contribution in [0.4, 0.5) is 29.3 Å². The summed E-state index contributed by atoms with van der Waals surface area (Å²) in [6.45, 7) is 5.36. The second-order valence-corrected chi connectivity index (χ2v) is 10.2. The van der Waals surface area contributed by atoms with Gasteiger partial charge in [-0.2, -0.15) is 18.3 Å². The van der Waals surface area contributed by atoms with Gasteiger partial charge in [0.05, 0.1) is 23.0 Å². The van der Waals surface area contributed by atoms with Gasteiger partial charge in [0.2, 0.25) is 0 Å². The Hall–Kier alpha value is -3.96. The van der Waals surface area contributed by atoms with Crippen LogP contribution in [-0.2, 0) is 19.8 Å². The van der Waals surface area contributed by atoms with Crippen molar-refractivity contribution >= 4 is 28.3 Å². The Bertz CT molecular complexity index is 1510. The maximum atomic E-state index is 13.9. The number of benzene rings is 2. The van der Waals surface area contributed by atoms with E-state index in [0.29, 0.717) is 12.2 Å². The Morgan fingerprint density at radius 3 is 2.42 bits per heavy atom. The lowest BCUT2D eigenvalue weighted by Crippen LogP contribution is -2.29. The first-order valence-electron chi connectivity index (χ1n) is 13.2. The van der Waals surface area contributed by atoms with Crippen molar-refractivity contribution in [2.45, 2.75) is 26.1 Å². The van der Waals surface area contributed by atoms with Crippen LogP contribution in [0.15, 0.2) is 54.9 Å². The van der Waals surface area contributed by atoms with Crippen molar-refractivity contribution < 1.29 is 18.0 Å². The number of urea groups is 1. The summed E-state index contributed by atoms with van der Waals surface area (Å²) < 4.78 is 43.6. The molecule has 4 aromatic rings. The fourth-order valence-corrected chi connectivity index (χ4v) is 5.20. The van der Waals surface area contributed by atoms with Crippen molar-refractivity contribution in [3.8, 4) is 11.1 Å². The van der Waals surface area contributed by atoms with E-state index in [4.69, 9.17) is 0 Å². The van der Waals surface area contributed by atoms with Crippen molar-refractivity contribution in [3.63, 3.8) is 0 Å². The summed E-state index contributed by atoms with van der Waals surface area (Å²) in [5.74, 6) is 0. The largest absolute Gasteiger partial charge is 0.416 e. The lowest BCUT2D eigenvalue weighted by Gasteiger charge is -2.23. The third kappa shape index (κ3) is 6.10. The van der Waals surface area contributed by atoms with Crippen LogP contribution in [-0.4, -0.2) is 63.8 Å². The van der Waals surface area contributed by atoms with Crippen LogP contribution in [0.2, 0.25) is 0 Å². The molecular weight excluding hydrogens is 519 g/mol. The van der Waals surface area contributed by atoms with Gasteiger partial charge in [0.25, 0.3) is 0 Å². The summed E-state index contributed by atoms with van der Waals surface area (Å²) in [6, 6.07) is 10.5. The number of amides is 2. The highest BCUT2D eigenvalue weighted by molar-refractivity contribution is 6.00. The fraction of sp³-hybridized carbons (Fsp3) is 0.345. The van der Waals surface area contributed by atoms with Crippen molar-refractivity contribution in [1.82, 2.24) is 24.6 Å². The minimum Gasteiger partial charge on any atom is -0.308 e. The van der Waals surface area contributed by atoms with Crippen LogP contribution >= 0.6 is 0 Å². The van der Waals surface area contributed by atoms with Gasteiger partial charge < -0.3 is 15.5 Å². The Balaban J connectivity index is 1.28. The van der Waals surface area contributed by atoms with E-state index < -0.39 is 17.8 Å². The minimum absolute atomic E-state index is 0.0746. The average Bonchev–Trinajstić information content (AvgIpc) is 3.06. The van der Waals surface area contributed by atoms with Crippen LogP contribution in [0.1, 0.15) is 23.2 Å². The van der Waals surface area contributed by atoms with Crippen molar-refractivity contribution in [2.24, 2.45) is 7.05 Å². The predicted octanol–water partition coefficient (Wildman–Crippen LogP) is 5.74. The SMILES string of the molecule is Cc1nn(C)c2cncc(-c3ccc(NC(=O)Nc4ccc(CN5CCCN(C)CC5)c(C(F)(F)F)c4)cc3)c12. The first-order valence-corrected chi connectivity index (χ1v) is 13.2. The summed E-state index contributed by atoms with van der Waals surface area (Å²) in [5.41, 5.74) is 3.67. The van der Waals surface area contributed by atoms with E-state index in [1.54, 1.807) is 29.2 Å². The number of pyridine rings is 1. The van der Waals surface area contributed by atoms with Crippen LogP contribution in [0.5, 0.6) is 0 Å². The molecule has 0 bridgehead atoms. The number of alkyl halides is 3. The maximum Gasteiger partial charge on any atom is 0.416 e. The van der Waals surface area contributed by atoms with Gasteiger partial charge in [0.1, 0.15) is 0 Å². The molecular formula is C29H32F3N7O. The van der Waals surface area contributed by atoms with Gasteiger partial charge in [0, 0.05) is 55.2 Å². The third-order valence-corrected chi connectivity index (χ3v) is 7.27. The molecule has 210 valence electrons. The van der Waals surface area contributed by atoms with Gasteiger partial charge in [-0.3, -0.25) is 14.6 Å². The summed E-state index contributed by atoms with van der Waals surface area (Å²) >= 11 is 0. The number of hydrogen-bond acceptors (Lipinski definition) is 5. The molecule has 2 amide bonds. The molecule has 2 aromatic carbocycles. The van der Waals surface area contributed by atoms with E-state index in [2.05, 4.69) is 25.6 Å². The van der Waals surface area contributed by atoms with Crippen LogP contribution in [0, 0.1) is 6.92 Å². The number of carbonyl (C=O) groups is 1.